The van der Waals surface area contributed by atoms with Crippen LogP contribution in [0.1, 0.15) is 34.8 Å². The van der Waals surface area contributed by atoms with Gasteiger partial charge in [-0.25, -0.2) is 10.4 Å². The molecule has 194 valence electrons. The van der Waals surface area contributed by atoms with Gasteiger partial charge in [0, 0.05) is 50.5 Å². The van der Waals surface area contributed by atoms with E-state index in [0.717, 1.165) is 50.5 Å². The largest absolute Gasteiger partial charge is 0.396 e. The Morgan fingerprint density at radius 3 is 2.92 bits per heavy atom. The maximum Gasteiger partial charge on any atom is 0.251 e. The van der Waals surface area contributed by atoms with E-state index >= 15 is 0 Å². The SMILES string of the molecule is CN1NC2C3CCNCC3OCCN2C1CNc1cccc(C(=O)N[C@@H](CCO)c2ccccc2)c1. The van der Waals surface area contributed by atoms with E-state index in [1.165, 1.54) is 0 Å². The molecule has 0 spiro atoms. The maximum absolute atomic E-state index is 13.1. The van der Waals surface area contributed by atoms with Crippen molar-refractivity contribution in [1.82, 2.24) is 26.0 Å². The summed E-state index contributed by atoms with van der Waals surface area (Å²) in [5.41, 5.74) is 6.17. The van der Waals surface area contributed by atoms with Gasteiger partial charge in [-0.2, -0.15) is 0 Å². The van der Waals surface area contributed by atoms with Crippen LogP contribution in [-0.4, -0.2) is 85.8 Å². The van der Waals surface area contributed by atoms with Crippen molar-refractivity contribution in [2.24, 2.45) is 5.92 Å². The highest BCUT2D eigenvalue weighted by atomic mass is 16.5. The van der Waals surface area contributed by atoms with Crippen LogP contribution >= 0.6 is 0 Å². The standard InChI is InChI=1S/C27H38N6O3/c1-32-25(33-13-15-36-24-17-28-12-10-22(24)26(33)31-32)18-29-21-9-5-8-20(16-21)27(35)30-23(11-14-34)19-6-3-2-4-7-19/h2-9,16,22-26,28-29,31,34H,10-15,17-18H2,1H3,(H,30,35)/t22?,23-,24?,25?,26?/m0/s1. The highest BCUT2D eigenvalue weighted by Gasteiger charge is 2.46. The van der Waals surface area contributed by atoms with Gasteiger partial charge in [-0.3, -0.25) is 9.69 Å². The third-order valence-electron chi connectivity index (χ3n) is 7.63. The third-order valence-corrected chi connectivity index (χ3v) is 7.63. The Hall–Kier alpha value is -2.53. The molecule has 0 aliphatic carbocycles. The molecule has 0 saturated carbocycles. The molecule has 3 saturated heterocycles. The lowest BCUT2D eigenvalue weighted by Crippen LogP contribution is -2.52. The van der Waals surface area contributed by atoms with Gasteiger partial charge < -0.3 is 25.8 Å². The van der Waals surface area contributed by atoms with Crippen LogP contribution in [-0.2, 0) is 4.74 Å². The lowest BCUT2D eigenvalue weighted by atomic mass is 9.91. The molecule has 3 heterocycles. The fraction of sp³-hybridized carbons (Fsp3) is 0.519. The molecule has 0 aromatic heterocycles. The van der Waals surface area contributed by atoms with E-state index in [1.807, 2.05) is 54.6 Å². The molecule has 3 fully saturated rings. The van der Waals surface area contributed by atoms with Gasteiger partial charge >= 0.3 is 0 Å². The third kappa shape index (κ3) is 5.56. The highest BCUT2D eigenvalue weighted by molar-refractivity contribution is 5.95. The zero-order chi connectivity index (χ0) is 24.9. The molecule has 9 nitrogen and oxygen atoms in total. The molecule has 0 bridgehead atoms. The van der Waals surface area contributed by atoms with Crippen molar-refractivity contribution in [1.29, 1.82) is 0 Å². The number of carbonyl (C=O) groups excluding carboxylic acids is 1. The molecule has 9 heteroatoms. The van der Waals surface area contributed by atoms with Crippen LogP contribution in [0.5, 0.6) is 0 Å². The van der Waals surface area contributed by atoms with Gasteiger partial charge in [-0.05, 0) is 43.1 Å². The molecule has 2 aromatic rings. The van der Waals surface area contributed by atoms with Gasteiger partial charge in [0.15, 0.2) is 0 Å². The summed E-state index contributed by atoms with van der Waals surface area (Å²) in [6.07, 6.45) is 2.27. The van der Waals surface area contributed by atoms with Gasteiger partial charge in [0.2, 0.25) is 0 Å². The topological polar surface area (TPSA) is 101 Å². The first-order valence-corrected chi connectivity index (χ1v) is 13.0. The summed E-state index contributed by atoms with van der Waals surface area (Å²) in [6.45, 7) is 4.29. The van der Waals surface area contributed by atoms with E-state index in [-0.39, 0.29) is 37.0 Å². The predicted octanol–water partition coefficient (Wildman–Crippen LogP) is 1.36. The Labute approximate surface area is 213 Å². The number of nitrogens with one attached hydrogen (secondary N) is 4. The minimum Gasteiger partial charge on any atom is -0.396 e. The van der Waals surface area contributed by atoms with Crippen LogP contribution < -0.4 is 21.4 Å². The number of benzene rings is 2. The number of aliphatic hydroxyl groups excluding tert-OH is 1. The van der Waals surface area contributed by atoms with E-state index in [2.05, 4.69) is 38.3 Å². The van der Waals surface area contributed by atoms with E-state index in [4.69, 9.17) is 4.74 Å². The Balaban J connectivity index is 1.22. The number of hydrazine groups is 1. The Bertz CT molecular complexity index is 1010. The molecular formula is C27H38N6O3. The summed E-state index contributed by atoms with van der Waals surface area (Å²) < 4.78 is 6.17. The molecule has 36 heavy (non-hydrogen) atoms. The summed E-state index contributed by atoms with van der Waals surface area (Å²) in [4.78, 5) is 15.6. The van der Waals surface area contributed by atoms with Crippen LogP contribution in [0.2, 0.25) is 0 Å². The number of aliphatic hydroxyl groups is 1. The minimum absolute atomic E-state index is 0.00499. The predicted molar refractivity (Wildman–Crippen MR) is 139 cm³/mol. The molecule has 2 aromatic carbocycles. The van der Waals surface area contributed by atoms with Crippen molar-refractivity contribution in [2.75, 3.05) is 51.8 Å². The fourth-order valence-corrected chi connectivity index (χ4v) is 5.72. The zero-order valence-corrected chi connectivity index (χ0v) is 20.9. The highest BCUT2D eigenvalue weighted by Crippen LogP contribution is 2.30. The maximum atomic E-state index is 13.1. The zero-order valence-electron chi connectivity index (χ0n) is 20.9. The minimum atomic E-state index is -0.237. The number of amides is 1. The number of ether oxygens (including phenoxy) is 1. The molecule has 3 aliphatic heterocycles. The van der Waals surface area contributed by atoms with E-state index in [1.54, 1.807) is 0 Å². The van der Waals surface area contributed by atoms with Gasteiger partial charge in [-0.1, -0.05) is 36.4 Å². The van der Waals surface area contributed by atoms with Crippen LogP contribution in [0.15, 0.2) is 54.6 Å². The number of rotatable bonds is 8. The lowest BCUT2D eigenvalue weighted by molar-refractivity contribution is 0.00146. The molecule has 0 radical (unpaired) electrons. The number of hydrogen-bond donors (Lipinski definition) is 5. The Kier molecular flexibility index (Phi) is 8.15. The van der Waals surface area contributed by atoms with Crippen molar-refractivity contribution in [3.63, 3.8) is 0 Å². The van der Waals surface area contributed by atoms with Crippen LogP contribution in [0.4, 0.5) is 5.69 Å². The van der Waals surface area contributed by atoms with Gasteiger partial charge in [0.1, 0.15) is 0 Å². The quantitative estimate of drug-likeness (QED) is 0.375. The number of hydrogen-bond acceptors (Lipinski definition) is 8. The first kappa shape index (κ1) is 25.1. The van der Waals surface area contributed by atoms with Crippen LogP contribution in [0, 0.1) is 5.92 Å². The molecule has 1 amide bonds. The summed E-state index contributed by atoms with van der Waals surface area (Å²) >= 11 is 0. The van der Waals surface area contributed by atoms with Gasteiger partial charge in [-0.15, -0.1) is 0 Å². The monoisotopic (exact) mass is 494 g/mol. The van der Waals surface area contributed by atoms with E-state index in [9.17, 15) is 9.90 Å². The molecule has 3 aliphatic rings. The fourth-order valence-electron chi connectivity index (χ4n) is 5.72. The first-order valence-electron chi connectivity index (χ1n) is 13.0. The smallest absolute Gasteiger partial charge is 0.251 e. The second kappa shape index (κ2) is 11.7. The second-order valence-corrected chi connectivity index (χ2v) is 9.88. The summed E-state index contributed by atoms with van der Waals surface area (Å²) in [5, 5.41) is 21.8. The normalized spacial score (nSPS) is 27.5. The summed E-state index contributed by atoms with van der Waals surface area (Å²) in [7, 11) is 2.10. The average Bonchev–Trinajstić information content (AvgIpc) is 3.11. The number of carbonyl (C=O) groups is 1. The Morgan fingerprint density at radius 2 is 2.08 bits per heavy atom. The first-order chi connectivity index (χ1) is 17.6. The van der Waals surface area contributed by atoms with Gasteiger partial charge in [0.25, 0.3) is 5.91 Å². The van der Waals surface area contributed by atoms with Crippen molar-refractivity contribution in [3.8, 4) is 0 Å². The summed E-state index contributed by atoms with van der Waals surface area (Å²) in [5.74, 6) is 0.312. The molecular weight excluding hydrogens is 456 g/mol. The van der Waals surface area contributed by atoms with E-state index < -0.39 is 0 Å². The van der Waals surface area contributed by atoms with Crippen molar-refractivity contribution in [2.45, 2.75) is 37.3 Å². The number of fused-ring (bicyclic) bond motifs is 3. The number of anilines is 1. The Morgan fingerprint density at radius 1 is 1.22 bits per heavy atom. The molecule has 5 rings (SSSR count). The van der Waals surface area contributed by atoms with Crippen LogP contribution in [0.25, 0.3) is 0 Å². The van der Waals surface area contributed by atoms with Gasteiger partial charge in [0.05, 0.1) is 31.1 Å². The number of likely N-dealkylation sites (N-methyl/N-ethyl adjacent to an activating group) is 1. The second-order valence-electron chi connectivity index (χ2n) is 9.88. The lowest BCUT2D eigenvalue weighted by Gasteiger charge is -2.36. The number of piperidine rings is 1. The van der Waals surface area contributed by atoms with Crippen molar-refractivity contribution >= 4 is 11.6 Å². The summed E-state index contributed by atoms with van der Waals surface area (Å²) in [6, 6.07) is 17.1. The molecule has 5 N–H and O–H groups in total. The number of nitrogens with zero attached hydrogens (tertiary/aromatic N) is 2. The van der Waals surface area contributed by atoms with Crippen molar-refractivity contribution in [3.05, 3.63) is 65.7 Å². The average molecular weight is 495 g/mol. The van der Waals surface area contributed by atoms with Crippen LogP contribution in [0.3, 0.4) is 0 Å². The molecule has 5 atom stereocenters. The van der Waals surface area contributed by atoms with Crippen molar-refractivity contribution < 1.29 is 14.6 Å². The van der Waals surface area contributed by atoms with E-state index in [0.29, 0.717) is 17.9 Å². The molecule has 4 unspecified atom stereocenters.